The maximum atomic E-state index is 15.1. The summed E-state index contributed by atoms with van der Waals surface area (Å²) in [7, 11) is 0. The number of hydrogen-bond donors (Lipinski definition) is 1. The van der Waals surface area contributed by atoms with Gasteiger partial charge in [0.05, 0.1) is 25.3 Å². The number of carbonyl (C=O) groups excluding carboxylic acids is 2. The van der Waals surface area contributed by atoms with Crippen LogP contribution in [0.2, 0.25) is 0 Å². The van der Waals surface area contributed by atoms with Crippen molar-refractivity contribution in [1.29, 1.82) is 0 Å². The maximum absolute atomic E-state index is 15.1. The number of fused-ring (bicyclic) bond motifs is 1. The topological polar surface area (TPSA) is 161 Å². The normalized spacial score (nSPS) is 21.8. The lowest BCUT2D eigenvalue weighted by molar-refractivity contribution is -0.389. The second kappa shape index (κ2) is 11.1. The Morgan fingerprint density at radius 1 is 1.23 bits per heavy atom. The third kappa shape index (κ3) is 5.90. The van der Waals surface area contributed by atoms with Crippen LogP contribution in [0.5, 0.6) is 6.01 Å². The van der Waals surface area contributed by atoms with Gasteiger partial charge in [0.1, 0.15) is 23.7 Å². The van der Waals surface area contributed by atoms with E-state index in [9.17, 15) is 19.7 Å². The van der Waals surface area contributed by atoms with E-state index in [4.69, 9.17) is 9.47 Å². The van der Waals surface area contributed by atoms with Gasteiger partial charge >= 0.3 is 17.9 Å². The quantitative estimate of drug-likeness (QED) is 0.299. The number of aromatic nitrogens is 4. The Kier molecular flexibility index (Phi) is 7.29. The summed E-state index contributed by atoms with van der Waals surface area (Å²) < 4.78 is 28.0. The molecule has 6 rings (SSSR count). The molecule has 1 N–H and O–H groups in total. The van der Waals surface area contributed by atoms with Crippen LogP contribution in [0.1, 0.15) is 13.8 Å². The van der Waals surface area contributed by atoms with Crippen molar-refractivity contribution in [1.82, 2.24) is 29.7 Å². The summed E-state index contributed by atoms with van der Waals surface area (Å²) >= 11 is 0. The lowest BCUT2D eigenvalue weighted by Crippen LogP contribution is -2.53. The van der Waals surface area contributed by atoms with Gasteiger partial charge in [-0.1, -0.05) is 0 Å². The van der Waals surface area contributed by atoms with E-state index in [0.717, 1.165) is 13.1 Å². The second-order valence-electron chi connectivity index (χ2n) is 11.1. The van der Waals surface area contributed by atoms with Gasteiger partial charge in [-0.2, -0.15) is 0 Å². The summed E-state index contributed by atoms with van der Waals surface area (Å²) in [6, 6.07) is 4.74. The fourth-order valence-corrected chi connectivity index (χ4v) is 5.57. The Labute approximate surface area is 245 Å². The molecule has 1 unspecified atom stereocenters. The van der Waals surface area contributed by atoms with Crippen molar-refractivity contribution < 1.29 is 28.4 Å². The van der Waals surface area contributed by atoms with Gasteiger partial charge in [-0.25, -0.2) is 19.2 Å². The van der Waals surface area contributed by atoms with Gasteiger partial charge in [-0.05, 0) is 30.0 Å². The van der Waals surface area contributed by atoms with Crippen LogP contribution in [0.4, 0.5) is 26.6 Å². The highest BCUT2D eigenvalue weighted by molar-refractivity contribution is 5.90. The van der Waals surface area contributed by atoms with Crippen molar-refractivity contribution in [3.8, 4) is 17.1 Å². The summed E-state index contributed by atoms with van der Waals surface area (Å²) in [5.41, 5.74) is 0.622. The number of ether oxygens (including phenoxy) is 2. The van der Waals surface area contributed by atoms with Crippen LogP contribution >= 0.6 is 0 Å². The Bertz CT molecular complexity index is 1530. The Morgan fingerprint density at radius 3 is 2.63 bits per heavy atom. The largest absolute Gasteiger partial charge is 0.442 e. The highest BCUT2D eigenvalue weighted by atomic mass is 19.1. The second-order valence-corrected chi connectivity index (χ2v) is 11.1. The fraction of sp³-hybridized carbons (Fsp3) is 0.444. The van der Waals surface area contributed by atoms with E-state index < -0.39 is 28.5 Å². The fourth-order valence-electron chi connectivity index (χ4n) is 5.57. The van der Waals surface area contributed by atoms with Crippen LogP contribution in [0.3, 0.4) is 0 Å². The standard InChI is InChI=1S/C27H30FN9O6/c1-17(38)29-12-20-13-36(26(39)42-20)19-3-4-21(22(28)9-19)18-10-30-24(31-11-18)34-7-5-33(6-8-34)15-27(2)16-35-14-23(37(40)41)32-25(35)43-27/h3-4,9-11,14,20H,5-8,12-13,15-16H2,1-2H3,(H,29,38)/t20-,27?/m0/s1. The average Bonchev–Trinajstić information content (AvgIpc) is 3.63. The van der Waals surface area contributed by atoms with Crippen LogP contribution in [0.25, 0.3) is 11.1 Å². The Balaban J connectivity index is 1.03. The van der Waals surface area contributed by atoms with E-state index in [0.29, 0.717) is 48.9 Å². The van der Waals surface area contributed by atoms with Crippen LogP contribution in [0.15, 0.2) is 36.8 Å². The summed E-state index contributed by atoms with van der Waals surface area (Å²) in [5, 5.41) is 13.6. The van der Waals surface area contributed by atoms with Crippen molar-refractivity contribution in [2.75, 3.05) is 55.6 Å². The number of piperazine rings is 1. The van der Waals surface area contributed by atoms with Crippen LogP contribution in [0, 0.1) is 15.9 Å². The van der Waals surface area contributed by atoms with Crippen molar-refractivity contribution in [3.05, 3.63) is 52.7 Å². The molecule has 3 aromatic rings. The van der Waals surface area contributed by atoms with E-state index in [-0.39, 0.29) is 30.8 Å². The third-order valence-electron chi connectivity index (χ3n) is 7.64. The zero-order valence-electron chi connectivity index (χ0n) is 23.6. The number of hydrogen-bond acceptors (Lipinski definition) is 11. The summed E-state index contributed by atoms with van der Waals surface area (Å²) in [6.07, 6.45) is 3.44. The molecule has 0 bridgehead atoms. The lowest BCUT2D eigenvalue weighted by atomic mass is 10.1. The number of cyclic esters (lactones) is 1. The monoisotopic (exact) mass is 595 g/mol. The molecule has 2 saturated heterocycles. The molecule has 2 amide bonds. The zero-order chi connectivity index (χ0) is 30.3. The van der Waals surface area contributed by atoms with Crippen LogP contribution in [-0.2, 0) is 16.1 Å². The number of amides is 2. The van der Waals surface area contributed by atoms with Crippen LogP contribution < -0.4 is 19.9 Å². The van der Waals surface area contributed by atoms with Gasteiger partial charge in [-0.3, -0.25) is 19.2 Å². The van der Waals surface area contributed by atoms with E-state index in [1.807, 2.05) is 6.92 Å². The minimum absolute atomic E-state index is 0.186. The Morgan fingerprint density at radius 2 is 1.98 bits per heavy atom. The van der Waals surface area contributed by atoms with E-state index >= 15 is 4.39 Å². The van der Waals surface area contributed by atoms with E-state index in [1.54, 1.807) is 29.1 Å². The SMILES string of the molecule is CC(=O)NC[C@H]1CN(c2ccc(-c3cnc(N4CCN(CC5(C)Cn6cc([N+](=O)[O-])nc6O5)CC4)nc3)c(F)c2)C(=O)O1. The molecule has 226 valence electrons. The number of anilines is 2. The maximum Gasteiger partial charge on any atom is 0.415 e. The number of halogens is 1. The lowest BCUT2D eigenvalue weighted by Gasteiger charge is -2.37. The van der Waals surface area contributed by atoms with Crippen molar-refractivity contribution in [2.24, 2.45) is 0 Å². The summed E-state index contributed by atoms with van der Waals surface area (Å²) in [6.45, 7) is 7.70. The molecule has 2 atom stereocenters. The number of nitro groups is 1. The molecule has 2 aromatic heterocycles. The molecule has 5 heterocycles. The molecule has 0 radical (unpaired) electrons. The molecule has 0 spiro atoms. The number of nitrogens with one attached hydrogen (secondary N) is 1. The smallest absolute Gasteiger partial charge is 0.415 e. The molecule has 0 saturated carbocycles. The highest BCUT2D eigenvalue weighted by Gasteiger charge is 2.42. The first-order chi connectivity index (χ1) is 20.6. The van der Waals surface area contributed by atoms with E-state index in [1.165, 1.54) is 24.1 Å². The molecule has 2 fully saturated rings. The molecule has 0 aliphatic carbocycles. The average molecular weight is 596 g/mol. The number of rotatable bonds is 8. The van der Waals surface area contributed by atoms with Crippen molar-refractivity contribution in [3.63, 3.8) is 0 Å². The molecule has 1 aromatic carbocycles. The number of benzene rings is 1. The van der Waals surface area contributed by atoms with Gasteiger partial charge in [0.15, 0.2) is 0 Å². The first-order valence-electron chi connectivity index (χ1n) is 13.8. The van der Waals surface area contributed by atoms with Crippen molar-refractivity contribution in [2.45, 2.75) is 32.1 Å². The predicted octanol–water partition coefficient (Wildman–Crippen LogP) is 1.82. The third-order valence-corrected chi connectivity index (χ3v) is 7.64. The minimum Gasteiger partial charge on any atom is -0.442 e. The van der Waals surface area contributed by atoms with Gasteiger partial charge in [0.2, 0.25) is 11.9 Å². The van der Waals surface area contributed by atoms with Gasteiger partial charge in [0, 0.05) is 68.2 Å². The van der Waals surface area contributed by atoms with E-state index in [2.05, 4.69) is 30.1 Å². The first-order valence-corrected chi connectivity index (χ1v) is 13.8. The number of carbonyl (C=O) groups is 2. The number of nitrogens with zero attached hydrogens (tertiary/aromatic N) is 8. The summed E-state index contributed by atoms with van der Waals surface area (Å²) in [5.74, 6) is -0.433. The molecule has 3 aliphatic heterocycles. The van der Waals surface area contributed by atoms with Crippen LogP contribution in [-0.4, -0.2) is 98.9 Å². The van der Waals surface area contributed by atoms with Gasteiger partial charge in [-0.15, -0.1) is 0 Å². The van der Waals surface area contributed by atoms with Gasteiger partial charge < -0.3 is 29.8 Å². The molecular weight excluding hydrogens is 565 g/mol. The molecule has 3 aliphatic rings. The molecule has 43 heavy (non-hydrogen) atoms. The zero-order valence-corrected chi connectivity index (χ0v) is 23.6. The minimum atomic E-state index is -0.599. The molecule has 16 heteroatoms. The molecule has 15 nitrogen and oxygen atoms in total. The van der Waals surface area contributed by atoms with Crippen molar-refractivity contribution >= 4 is 29.5 Å². The van der Waals surface area contributed by atoms with Gasteiger partial charge in [0.25, 0.3) is 0 Å². The number of imidazole rings is 1. The highest BCUT2D eigenvalue weighted by Crippen LogP contribution is 2.32. The predicted molar refractivity (Wildman–Crippen MR) is 150 cm³/mol. The molecular formula is C27H30FN9O6. The summed E-state index contributed by atoms with van der Waals surface area (Å²) in [4.78, 5) is 52.4. The Hall–Kier alpha value is -4.86. The first kappa shape index (κ1) is 28.3.